The molecule has 0 fully saturated rings. The highest BCUT2D eigenvalue weighted by Gasteiger charge is 2.13. The number of aromatic amines is 1. The van der Waals surface area contributed by atoms with Crippen LogP contribution in [0.15, 0.2) is 12.3 Å². The highest BCUT2D eigenvalue weighted by molar-refractivity contribution is 6.06. The van der Waals surface area contributed by atoms with Crippen LogP contribution in [-0.4, -0.2) is 15.8 Å². The van der Waals surface area contributed by atoms with Crippen LogP contribution in [0.5, 0.6) is 0 Å². The Hall–Kier alpha value is -2.15. The van der Waals surface area contributed by atoms with Crippen molar-refractivity contribution in [2.75, 3.05) is 0 Å². The maximum Gasteiger partial charge on any atom is 0.163 e. The first-order valence-corrected chi connectivity index (χ1v) is 4.53. The molecule has 2 aromatic heterocycles. The van der Waals surface area contributed by atoms with Crippen LogP contribution in [0.2, 0.25) is 0 Å². The Morgan fingerprint density at radius 2 is 2.33 bits per heavy atom. The number of nitriles is 1. The fraction of sp³-hybridized carbons (Fsp3) is 0.182. The molecule has 2 aromatic rings. The monoisotopic (exact) mass is 199 g/mol. The molecule has 0 radical (unpaired) electrons. The van der Waals surface area contributed by atoms with Gasteiger partial charge in [0.1, 0.15) is 6.07 Å². The van der Waals surface area contributed by atoms with Gasteiger partial charge in [-0.2, -0.15) is 5.26 Å². The largest absolute Gasteiger partial charge is 0.357 e. The van der Waals surface area contributed by atoms with Crippen molar-refractivity contribution in [3.05, 3.63) is 29.1 Å². The molecule has 0 aliphatic heterocycles. The predicted octanol–water partition coefficient (Wildman–Crippen LogP) is 1.95. The summed E-state index contributed by atoms with van der Waals surface area (Å²) in [7, 11) is 0. The van der Waals surface area contributed by atoms with E-state index in [0.29, 0.717) is 16.6 Å². The van der Waals surface area contributed by atoms with Gasteiger partial charge in [0.05, 0.1) is 22.2 Å². The molecule has 0 aromatic carbocycles. The van der Waals surface area contributed by atoms with E-state index < -0.39 is 0 Å². The Morgan fingerprint density at radius 1 is 1.60 bits per heavy atom. The number of pyridine rings is 1. The second-order valence-corrected chi connectivity index (χ2v) is 3.41. The van der Waals surface area contributed by atoms with Crippen LogP contribution in [0, 0.1) is 18.3 Å². The zero-order valence-corrected chi connectivity index (χ0v) is 8.46. The molecule has 1 N–H and O–H groups in total. The molecule has 15 heavy (non-hydrogen) atoms. The van der Waals surface area contributed by atoms with Crippen molar-refractivity contribution in [1.82, 2.24) is 9.97 Å². The van der Waals surface area contributed by atoms with E-state index in [9.17, 15) is 4.79 Å². The van der Waals surface area contributed by atoms with Gasteiger partial charge in [0.15, 0.2) is 5.78 Å². The summed E-state index contributed by atoms with van der Waals surface area (Å²) in [6, 6.07) is 3.71. The van der Waals surface area contributed by atoms with Crippen molar-refractivity contribution in [2.24, 2.45) is 0 Å². The fourth-order valence-corrected chi connectivity index (χ4v) is 1.69. The van der Waals surface area contributed by atoms with Gasteiger partial charge in [-0.25, -0.2) is 0 Å². The van der Waals surface area contributed by atoms with Crippen molar-refractivity contribution in [2.45, 2.75) is 13.8 Å². The molecule has 74 valence electrons. The summed E-state index contributed by atoms with van der Waals surface area (Å²) in [4.78, 5) is 18.5. The number of hydrogen-bond acceptors (Lipinski definition) is 3. The summed E-state index contributed by atoms with van der Waals surface area (Å²) >= 11 is 0. The Labute approximate surface area is 86.6 Å². The lowest BCUT2D eigenvalue weighted by atomic mass is 10.1. The summed E-state index contributed by atoms with van der Waals surface area (Å²) in [6.07, 6.45) is 1.47. The number of Topliss-reactive ketones (excluding diaryl/α,β-unsaturated/α-hetero) is 1. The molecule has 0 saturated carbocycles. The summed E-state index contributed by atoms with van der Waals surface area (Å²) in [5.41, 5.74) is 3.25. The second-order valence-electron chi connectivity index (χ2n) is 3.41. The molecule has 0 spiro atoms. The van der Waals surface area contributed by atoms with Gasteiger partial charge in [-0.3, -0.25) is 9.78 Å². The van der Waals surface area contributed by atoms with Gasteiger partial charge < -0.3 is 4.98 Å². The van der Waals surface area contributed by atoms with Crippen LogP contribution in [0.1, 0.15) is 28.5 Å². The molecule has 0 amide bonds. The Bertz CT molecular complexity index is 590. The standard InChI is InChI=1S/C11H9N3O/c1-6-10(7(2)15)11-9(14-6)3-8(4-12)5-13-11/h3,5,14H,1-2H3. The first-order chi connectivity index (χ1) is 7.13. The molecular weight excluding hydrogens is 190 g/mol. The molecule has 0 atom stereocenters. The number of carbonyl (C=O) groups excluding carboxylic acids is 1. The second kappa shape index (κ2) is 3.21. The Balaban J connectivity index is 2.81. The van der Waals surface area contributed by atoms with Crippen molar-refractivity contribution < 1.29 is 4.79 Å². The number of aryl methyl sites for hydroxylation is 1. The lowest BCUT2D eigenvalue weighted by Gasteiger charge is -1.93. The third kappa shape index (κ3) is 1.38. The molecular formula is C11H9N3O. The molecule has 2 rings (SSSR count). The van der Waals surface area contributed by atoms with Gasteiger partial charge in [-0.05, 0) is 19.9 Å². The van der Waals surface area contributed by atoms with Crippen molar-refractivity contribution in [1.29, 1.82) is 5.26 Å². The maximum absolute atomic E-state index is 11.4. The average Bonchev–Trinajstić information content (AvgIpc) is 2.52. The van der Waals surface area contributed by atoms with E-state index in [1.54, 1.807) is 6.07 Å². The molecule has 2 heterocycles. The lowest BCUT2D eigenvalue weighted by Crippen LogP contribution is -1.94. The van der Waals surface area contributed by atoms with E-state index >= 15 is 0 Å². The van der Waals surface area contributed by atoms with Gasteiger partial charge >= 0.3 is 0 Å². The van der Waals surface area contributed by atoms with Crippen LogP contribution >= 0.6 is 0 Å². The zero-order valence-electron chi connectivity index (χ0n) is 8.46. The minimum atomic E-state index is -0.0176. The number of nitrogens with zero attached hydrogens (tertiary/aromatic N) is 2. The Morgan fingerprint density at radius 3 is 2.93 bits per heavy atom. The quantitative estimate of drug-likeness (QED) is 0.713. The number of hydrogen-bond donors (Lipinski definition) is 1. The minimum Gasteiger partial charge on any atom is -0.357 e. The molecule has 0 aliphatic rings. The van der Waals surface area contributed by atoms with E-state index in [1.165, 1.54) is 13.1 Å². The van der Waals surface area contributed by atoms with E-state index in [-0.39, 0.29) is 5.78 Å². The highest BCUT2D eigenvalue weighted by Crippen LogP contribution is 2.20. The first-order valence-electron chi connectivity index (χ1n) is 4.53. The summed E-state index contributed by atoms with van der Waals surface area (Å²) in [5.74, 6) is -0.0176. The number of carbonyl (C=O) groups is 1. The van der Waals surface area contributed by atoms with Crippen molar-refractivity contribution in [3.8, 4) is 6.07 Å². The van der Waals surface area contributed by atoms with E-state index in [1.807, 2.05) is 13.0 Å². The SMILES string of the molecule is CC(=O)c1c(C)[nH]c2cc(C#N)cnc12. The van der Waals surface area contributed by atoms with Crippen molar-refractivity contribution >= 4 is 16.8 Å². The van der Waals surface area contributed by atoms with E-state index in [4.69, 9.17) is 5.26 Å². The van der Waals surface area contributed by atoms with Gasteiger partial charge in [0.2, 0.25) is 0 Å². The summed E-state index contributed by atoms with van der Waals surface area (Å²) in [6.45, 7) is 3.33. The number of nitrogens with one attached hydrogen (secondary N) is 1. The minimum absolute atomic E-state index is 0.0176. The van der Waals surface area contributed by atoms with Crippen LogP contribution < -0.4 is 0 Å². The lowest BCUT2D eigenvalue weighted by molar-refractivity contribution is 0.101. The maximum atomic E-state index is 11.4. The van der Waals surface area contributed by atoms with Gasteiger partial charge in [-0.15, -0.1) is 0 Å². The third-order valence-corrected chi connectivity index (χ3v) is 2.30. The topological polar surface area (TPSA) is 69.5 Å². The number of H-pyrrole nitrogens is 1. The molecule has 0 unspecified atom stereocenters. The predicted molar refractivity (Wildman–Crippen MR) is 55.6 cm³/mol. The summed E-state index contributed by atoms with van der Waals surface area (Å²) < 4.78 is 0. The molecule has 0 aliphatic carbocycles. The van der Waals surface area contributed by atoms with Crippen LogP contribution in [0.3, 0.4) is 0 Å². The normalized spacial score (nSPS) is 10.2. The highest BCUT2D eigenvalue weighted by atomic mass is 16.1. The summed E-state index contributed by atoms with van der Waals surface area (Å²) in [5, 5.41) is 8.71. The third-order valence-electron chi connectivity index (χ3n) is 2.30. The average molecular weight is 199 g/mol. The Kier molecular flexibility index (Phi) is 2.01. The number of aromatic nitrogens is 2. The van der Waals surface area contributed by atoms with E-state index in [2.05, 4.69) is 9.97 Å². The van der Waals surface area contributed by atoms with Gasteiger partial charge in [0, 0.05) is 11.9 Å². The fourth-order valence-electron chi connectivity index (χ4n) is 1.69. The molecule has 4 nitrogen and oxygen atoms in total. The zero-order chi connectivity index (χ0) is 11.0. The van der Waals surface area contributed by atoms with Crippen LogP contribution in [0.25, 0.3) is 11.0 Å². The van der Waals surface area contributed by atoms with Crippen LogP contribution in [0.4, 0.5) is 0 Å². The van der Waals surface area contributed by atoms with Crippen molar-refractivity contribution in [3.63, 3.8) is 0 Å². The molecule has 0 saturated heterocycles. The first kappa shape index (κ1) is 9.41. The van der Waals surface area contributed by atoms with Gasteiger partial charge in [-0.1, -0.05) is 0 Å². The van der Waals surface area contributed by atoms with E-state index in [0.717, 1.165) is 11.2 Å². The number of ketones is 1. The van der Waals surface area contributed by atoms with Gasteiger partial charge in [0.25, 0.3) is 0 Å². The molecule has 4 heteroatoms. The molecule has 0 bridgehead atoms. The number of rotatable bonds is 1. The smallest absolute Gasteiger partial charge is 0.163 e. The van der Waals surface area contributed by atoms with Crippen LogP contribution in [-0.2, 0) is 0 Å². The number of fused-ring (bicyclic) bond motifs is 1.